The van der Waals surface area contributed by atoms with E-state index in [4.69, 9.17) is 9.47 Å². The van der Waals surface area contributed by atoms with Gasteiger partial charge < -0.3 is 9.47 Å². The standard InChI is InChI=1S/C20H21BrO4/c21-14-7-5-13(6-8-14)20-15(18(16(22)25-20)9-1-2-10-18)24-17(23)19(20)11-3-4-12-19/h5-8,15H,1-4,9-12H2/t15-,20-/m1/s1. The number of fused-ring (bicyclic) bond motifs is 3. The van der Waals surface area contributed by atoms with Crippen LogP contribution in [0.25, 0.3) is 0 Å². The van der Waals surface area contributed by atoms with Crippen LogP contribution in [0, 0.1) is 10.8 Å². The lowest BCUT2D eigenvalue weighted by Crippen LogP contribution is -2.49. The lowest BCUT2D eigenvalue weighted by Gasteiger charge is -2.38. The summed E-state index contributed by atoms with van der Waals surface area (Å²) in [7, 11) is 0. The summed E-state index contributed by atoms with van der Waals surface area (Å²) in [5, 5.41) is 0. The lowest BCUT2D eigenvalue weighted by molar-refractivity contribution is -0.169. The first-order chi connectivity index (χ1) is 12.1. The first kappa shape index (κ1) is 15.9. The molecule has 2 heterocycles. The van der Waals surface area contributed by atoms with Gasteiger partial charge in [0.25, 0.3) is 0 Å². The fourth-order valence-corrected chi connectivity index (χ4v) is 6.19. The van der Waals surface area contributed by atoms with Crippen molar-refractivity contribution < 1.29 is 19.1 Å². The second-order valence-electron chi connectivity index (χ2n) is 8.07. The van der Waals surface area contributed by atoms with Crippen molar-refractivity contribution >= 4 is 27.9 Å². The maximum atomic E-state index is 13.1. The molecule has 2 aliphatic heterocycles. The average molecular weight is 405 g/mol. The first-order valence-corrected chi connectivity index (χ1v) is 10.1. The number of esters is 2. The summed E-state index contributed by atoms with van der Waals surface area (Å²) < 4.78 is 13.2. The Hall–Kier alpha value is -1.36. The molecule has 2 saturated heterocycles. The number of carbonyl (C=O) groups excluding carboxylic acids is 2. The van der Waals surface area contributed by atoms with E-state index in [1.807, 2.05) is 24.3 Å². The topological polar surface area (TPSA) is 52.6 Å². The van der Waals surface area contributed by atoms with Crippen LogP contribution in [-0.4, -0.2) is 18.0 Å². The molecule has 1 aromatic rings. The van der Waals surface area contributed by atoms with Gasteiger partial charge in [0.05, 0.1) is 0 Å². The molecule has 4 aliphatic rings. The zero-order valence-electron chi connectivity index (χ0n) is 14.1. The van der Waals surface area contributed by atoms with Crippen molar-refractivity contribution in [1.29, 1.82) is 0 Å². The highest BCUT2D eigenvalue weighted by Crippen LogP contribution is 2.69. The van der Waals surface area contributed by atoms with Gasteiger partial charge in [-0.1, -0.05) is 53.7 Å². The van der Waals surface area contributed by atoms with Crippen LogP contribution < -0.4 is 0 Å². The Labute approximate surface area is 155 Å². The smallest absolute Gasteiger partial charge is 0.317 e. The highest BCUT2D eigenvalue weighted by Gasteiger charge is 2.81. The summed E-state index contributed by atoms with van der Waals surface area (Å²) >= 11 is 3.48. The lowest BCUT2D eigenvalue weighted by atomic mass is 9.62. The zero-order valence-corrected chi connectivity index (χ0v) is 15.6. The van der Waals surface area contributed by atoms with Gasteiger partial charge in [0, 0.05) is 10.0 Å². The van der Waals surface area contributed by atoms with Crippen LogP contribution in [0.2, 0.25) is 0 Å². The summed E-state index contributed by atoms with van der Waals surface area (Å²) in [6.07, 6.45) is 6.45. The quantitative estimate of drug-likeness (QED) is 0.656. The minimum absolute atomic E-state index is 0.156. The molecule has 0 radical (unpaired) electrons. The van der Waals surface area contributed by atoms with Crippen LogP contribution >= 0.6 is 15.9 Å². The Balaban J connectivity index is 1.75. The molecule has 4 nitrogen and oxygen atoms in total. The van der Waals surface area contributed by atoms with E-state index in [1.165, 1.54) is 0 Å². The van der Waals surface area contributed by atoms with Crippen molar-refractivity contribution in [3.63, 3.8) is 0 Å². The number of hydrogen-bond acceptors (Lipinski definition) is 4. The number of halogens is 1. The molecule has 2 atom stereocenters. The van der Waals surface area contributed by atoms with Gasteiger partial charge in [0.2, 0.25) is 0 Å². The van der Waals surface area contributed by atoms with E-state index < -0.39 is 22.5 Å². The number of ether oxygens (including phenoxy) is 2. The summed E-state index contributed by atoms with van der Waals surface area (Å²) in [6, 6.07) is 7.89. The van der Waals surface area contributed by atoms with Crippen LogP contribution in [0.1, 0.15) is 56.9 Å². The van der Waals surface area contributed by atoms with Gasteiger partial charge >= 0.3 is 11.9 Å². The summed E-state index contributed by atoms with van der Waals surface area (Å²) in [5.41, 5.74) is -1.41. The third kappa shape index (κ3) is 1.73. The number of rotatable bonds is 1. The Morgan fingerprint density at radius 2 is 1.48 bits per heavy atom. The van der Waals surface area contributed by atoms with Crippen LogP contribution in [0.15, 0.2) is 28.7 Å². The molecule has 4 fully saturated rings. The molecule has 2 aliphatic carbocycles. The van der Waals surface area contributed by atoms with Gasteiger partial charge in [-0.15, -0.1) is 0 Å². The highest BCUT2D eigenvalue weighted by atomic mass is 79.9. The van der Waals surface area contributed by atoms with Crippen molar-refractivity contribution in [2.45, 2.75) is 63.1 Å². The van der Waals surface area contributed by atoms with E-state index in [1.54, 1.807) is 0 Å². The van der Waals surface area contributed by atoms with E-state index in [0.29, 0.717) is 0 Å². The van der Waals surface area contributed by atoms with Crippen molar-refractivity contribution in [2.75, 3.05) is 0 Å². The molecule has 0 bridgehead atoms. The Morgan fingerprint density at radius 3 is 2.12 bits per heavy atom. The fraction of sp³-hybridized carbons (Fsp3) is 0.600. The Morgan fingerprint density at radius 1 is 0.880 bits per heavy atom. The number of benzene rings is 1. The zero-order chi connectivity index (χ0) is 17.3. The van der Waals surface area contributed by atoms with Gasteiger partial charge in [-0.3, -0.25) is 9.59 Å². The normalized spacial score (nSPS) is 34.5. The van der Waals surface area contributed by atoms with Crippen LogP contribution in [0.3, 0.4) is 0 Å². The largest absolute Gasteiger partial charge is 0.456 e. The predicted octanol–water partition coefficient (Wildman–Crippen LogP) is 4.25. The average Bonchev–Trinajstić information content (AvgIpc) is 3.35. The third-order valence-corrected chi connectivity index (χ3v) is 7.61. The van der Waals surface area contributed by atoms with Gasteiger partial charge in [-0.2, -0.15) is 0 Å². The van der Waals surface area contributed by atoms with Gasteiger partial charge in [-0.25, -0.2) is 0 Å². The second kappa shape index (κ2) is 5.09. The maximum absolute atomic E-state index is 13.1. The predicted molar refractivity (Wildman–Crippen MR) is 93.6 cm³/mol. The molecule has 0 N–H and O–H groups in total. The van der Waals surface area contributed by atoms with Crippen molar-refractivity contribution in [1.82, 2.24) is 0 Å². The molecule has 0 unspecified atom stereocenters. The van der Waals surface area contributed by atoms with E-state index in [2.05, 4.69) is 15.9 Å². The minimum Gasteiger partial charge on any atom is -0.456 e. The molecule has 5 rings (SSSR count). The number of hydrogen-bond donors (Lipinski definition) is 0. The summed E-state index contributed by atoms with van der Waals surface area (Å²) in [6.45, 7) is 0. The molecule has 132 valence electrons. The van der Waals surface area contributed by atoms with Crippen LogP contribution in [0.4, 0.5) is 0 Å². The van der Waals surface area contributed by atoms with E-state index >= 15 is 0 Å². The molecule has 0 amide bonds. The molecule has 5 heteroatoms. The maximum Gasteiger partial charge on any atom is 0.317 e. The second-order valence-corrected chi connectivity index (χ2v) is 8.99. The molecule has 2 spiro atoms. The van der Waals surface area contributed by atoms with E-state index in [9.17, 15) is 9.59 Å². The van der Waals surface area contributed by atoms with Crippen molar-refractivity contribution in [2.24, 2.45) is 10.8 Å². The highest BCUT2D eigenvalue weighted by molar-refractivity contribution is 9.10. The molecule has 0 aromatic heterocycles. The molecule has 25 heavy (non-hydrogen) atoms. The summed E-state index contributed by atoms with van der Waals surface area (Å²) in [5.74, 6) is -0.312. The monoisotopic (exact) mass is 404 g/mol. The Bertz CT molecular complexity index is 741. The summed E-state index contributed by atoms with van der Waals surface area (Å²) in [4.78, 5) is 26.2. The molecular weight excluding hydrogens is 384 g/mol. The molecule has 1 aromatic carbocycles. The van der Waals surface area contributed by atoms with Crippen molar-refractivity contribution in [3.8, 4) is 0 Å². The van der Waals surface area contributed by atoms with Gasteiger partial charge in [0.15, 0.2) is 11.7 Å². The van der Waals surface area contributed by atoms with Crippen LogP contribution in [-0.2, 0) is 24.7 Å². The molecular formula is C20H21BrO4. The van der Waals surface area contributed by atoms with Crippen LogP contribution in [0.5, 0.6) is 0 Å². The Kier molecular flexibility index (Phi) is 3.23. The molecule has 2 saturated carbocycles. The fourth-order valence-electron chi connectivity index (χ4n) is 5.92. The minimum atomic E-state index is -0.956. The van der Waals surface area contributed by atoms with Crippen molar-refractivity contribution in [3.05, 3.63) is 34.3 Å². The van der Waals surface area contributed by atoms with Gasteiger partial charge in [0.1, 0.15) is 10.8 Å². The van der Waals surface area contributed by atoms with E-state index in [-0.39, 0.29) is 11.9 Å². The number of carbonyl (C=O) groups is 2. The van der Waals surface area contributed by atoms with E-state index in [0.717, 1.165) is 61.4 Å². The first-order valence-electron chi connectivity index (χ1n) is 9.26. The SMILES string of the molecule is O=C1O[C@]2(c3ccc(Br)cc3)[C@H](OC(=O)C23CCCC3)C12CCCC2. The third-order valence-electron chi connectivity index (χ3n) is 7.08. The van der Waals surface area contributed by atoms with Gasteiger partial charge in [-0.05, 0) is 37.8 Å².